The van der Waals surface area contributed by atoms with Crippen LogP contribution in [0.5, 0.6) is 0 Å². The van der Waals surface area contributed by atoms with E-state index in [9.17, 15) is 0 Å². The molecule has 2 aliphatic rings. The van der Waals surface area contributed by atoms with Gasteiger partial charge in [0.1, 0.15) is 5.66 Å². The minimum absolute atomic E-state index is 0.329. The van der Waals surface area contributed by atoms with Crippen LogP contribution in [0.1, 0.15) is 47.5 Å². The monoisotopic (exact) mass is 291 g/mol. The van der Waals surface area contributed by atoms with E-state index in [-0.39, 0.29) is 11.2 Å². The third kappa shape index (κ3) is 2.73. The van der Waals surface area contributed by atoms with Crippen molar-refractivity contribution in [2.75, 3.05) is 18.0 Å². The quantitative estimate of drug-likeness (QED) is 0.785. The summed E-state index contributed by atoms with van der Waals surface area (Å²) < 4.78 is 18.1. The lowest BCUT2D eigenvalue weighted by Gasteiger charge is -2.32. The van der Waals surface area contributed by atoms with Gasteiger partial charge in [0.25, 0.3) is 0 Å². The molecule has 4 nitrogen and oxygen atoms in total. The molecule has 0 aromatic carbocycles. The van der Waals surface area contributed by atoms with Gasteiger partial charge in [-0.1, -0.05) is 6.92 Å². The van der Waals surface area contributed by atoms with Gasteiger partial charge < -0.3 is 18.6 Å². The van der Waals surface area contributed by atoms with Gasteiger partial charge in [0.2, 0.25) is 0 Å². The van der Waals surface area contributed by atoms with Crippen LogP contribution in [-0.2, 0) is 9.31 Å². The Hall–Kier alpha value is -0.935. The molecule has 1 aromatic heterocycles. The number of nitrogens with zero attached hydrogens (tertiary/aromatic N) is 1. The van der Waals surface area contributed by atoms with E-state index in [0.29, 0.717) is 0 Å². The Morgan fingerprint density at radius 1 is 1.14 bits per heavy atom. The van der Waals surface area contributed by atoms with E-state index >= 15 is 0 Å². The van der Waals surface area contributed by atoms with Gasteiger partial charge in [-0.3, -0.25) is 0 Å². The summed E-state index contributed by atoms with van der Waals surface area (Å²) in [6.45, 7) is 12.7. The van der Waals surface area contributed by atoms with E-state index in [1.807, 2.05) is 12.1 Å². The fraction of sp³-hybridized carbons (Fsp3) is 0.750. The van der Waals surface area contributed by atoms with Gasteiger partial charge in [0.15, 0.2) is 5.88 Å². The standard InChI is InChI=1S/C16H26BNO3/c1-12-7-6-10-18(11-12)14-9-8-13(19-14)17-20-15(2,3)16(4,5)21-17/h8-9,12H,6-7,10-11H2,1-5H3. The van der Waals surface area contributed by atoms with E-state index in [1.54, 1.807) is 0 Å². The third-order valence-corrected chi connectivity index (χ3v) is 5.07. The lowest BCUT2D eigenvalue weighted by Crippen LogP contribution is -2.41. The highest BCUT2D eigenvalue weighted by Gasteiger charge is 2.53. The van der Waals surface area contributed by atoms with Crippen LogP contribution >= 0.6 is 0 Å². The summed E-state index contributed by atoms with van der Waals surface area (Å²) in [4.78, 5) is 2.32. The molecular weight excluding hydrogens is 265 g/mol. The van der Waals surface area contributed by atoms with Crippen molar-refractivity contribution in [3.05, 3.63) is 12.1 Å². The molecule has 0 aliphatic carbocycles. The first kappa shape index (κ1) is 15.0. The molecular formula is C16H26BNO3. The third-order valence-electron chi connectivity index (χ3n) is 5.07. The van der Waals surface area contributed by atoms with Crippen molar-refractivity contribution >= 4 is 18.7 Å². The molecule has 21 heavy (non-hydrogen) atoms. The van der Waals surface area contributed by atoms with Crippen molar-refractivity contribution < 1.29 is 13.7 Å². The largest absolute Gasteiger partial charge is 0.532 e. The first-order valence-electron chi connectivity index (χ1n) is 7.99. The van der Waals surface area contributed by atoms with Crippen LogP contribution in [0.3, 0.4) is 0 Å². The number of piperidine rings is 1. The van der Waals surface area contributed by atoms with Crippen LogP contribution in [-0.4, -0.2) is 31.4 Å². The minimum atomic E-state index is -0.411. The van der Waals surface area contributed by atoms with Crippen LogP contribution in [0.2, 0.25) is 0 Å². The smallest absolute Gasteiger partial charge is 0.449 e. The zero-order chi connectivity index (χ0) is 15.3. The van der Waals surface area contributed by atoms with E-state index in [4.69, 9.17) is 13.7 Å². The van der Waals surface area contributed by atoms with Gasteiger partial charge in [-0.15, -0.1) is 0 Å². The molecule has 0 spiro atoms. The maximum Gasteiger partial charge on any atom is 0.532 e. The first-order chi connectivity index (χ1) is 9.78. The molecule has 0 bridgehead atoms. The predicted octanol–water partition coefficient (Wildman–Crippen LogP) is 2.82. The average Bonchev–Trinajstić information content (AvgIpc) is 2.93. The van der Waals surface area contributed by atoms with Gasteiger partial charge in [0.05, 0.1) is 11.2 Å². The zero-order valence-electron chi connectivity index (χ0n) is 13.8. The number of anilines is 1. The predicted molar refractivity (Wildman–Crippen MR) is 85.0 cm³/mol. The van der Waals surface area contributed by atoms with Crippen LogP contribution in [0.4, 0.5) is 5.88 Å². The zero-order valence-corrected chi connectivity index (χ0v) is 13.8. The SMILES string of the molecule is CC1CCCN(c2ccc(B3OC(C)(C)C(C)(C)O3)o2)C1. The molecule has 0 radical (unpaired) electrons. The lowest BCUT2D eigenvalue weighted by atomic mass is 9.86. The Labute approximate surface area is 127 Å². The Balaban J connectivity index is 1.74. The summed E-state index contributed by atoms with van der Waals surface area (Å²) in [6, 6.07) is 4.02. The van der Waals surface area contributed by atoms with Crippen molar-refractivity contribution in [2.24, 2.45) is 5.92 Å². The molecule has 1 atom stereocenters. The second-order valence-corrected chi connectivity index (χ2v) is 7.46. The molecule has 2 saturated heterocycles. The fourth-order valence-electron chi connectivity index (χ4n) is 2.99. The van der Waals surface area contributed by atoms with Gasteiger partial charge in [-0.2, -0.15) is 0 Å². The van der Waals surface area contributed by atoms with Gasteiger partial charge in [-0.25, -0.2) is 0 Å². The summed E-state index contributed by atoms with van der Waals surface area (Å²) in [6.07, 6.45) is 2.54. The summed E-state index contributed by atoms with van der Waals surface area (Å²) in [5.41, 5.74) is 0.107. The maximum atomic E-state index is 6.04. The summed E-state index contributed by atoms with van der Waals surface area (Å²) in [5.74, 6) is 1.66. The molecule has 5 heteroatoms. The molecule has 1 unspecified atom stereocenters. The van der Waals surface area contributed by atoms with Crippen LogP contribution in [0.25, 0.3) is 0 Å². The van der Waals surface area contributed by atoms with Crippen molar-refractivity contribution in [3.8, 4) is 0 Å². The Morgan fingerprint density at radius 3 is 2.43 bits per heavy atom. The fourth-order valence-corrected chi connectivity index (χ4v) is 2.99. The Bertz CT molecular complexity index is 495. The Kier molecular flexibility index (Phi) is 3.61. The van der Waals surface area contributed by atoms with Crippen molar-refractivity contribution in [3.63, 3.8) is 0 Å². The van der Waals surface area contributed by atoms with Crippen molar-refractivity contribution in [1.82, 2.24) is 0 Å². The average molecular weight is 291 g/mol. The topological polar surface area (TPSA) is 34.8 Å². The second kappa shape index (κ2) is 5.06. The summed E-state index contributed by atoms with van der Waals surface area (Å²) >= 11 is 0. The molecule has 116 valence electrons. The summed E-state index contributed by atoms with van der Waals surface area (Å²) in [7, 11) is -0.411. The van der Waals surface area contributed by atoms with Gasteiger partial charge in [-0.05, 0) is 52.5 Å². The van der Waals surface area contributed by atoms with E-state index < -0.39 is 7.12 Å². The number of hydrogen-bond acceptors (Lipinski definition) is 4. The van der Waals surface area contributed by atoms with E-state index in [1.165, 1.54) is 12.8 Å². The van der Waals surface area contributed by atoms with Crippen molar-refractivity contribution in [2.45, 2.75) is 58.7 Å². The molecule has 1 aromatic rings. The van der Waals surface area contributed by atoms with Crippen LogP contribution in [0, 0.1) is 5.92 Å². The highest BCUT2D eigenvalue weighted by molar-refractivity contribution is 6.60. The molecule has 3 heterocycles. The number of furan rings is 1. The second-order valence-electron chi connectivity index (χ2n) is 7.46. The number of hydrogen-bond donors (Lipinski definition) is 0. The number of rotatable bonds is 2. The van der Waals surface area contributed by atoms with Gasteiger partial charge in [0, 0.05) is 19.2 Å². The molecule has 0 amide bonds. The Morgan fingerprint density at radius 2 is 1.81 bits per heavy atom. The highest BCUT2D eigenvalue weighted by Crippen LogP contribution is 2.36. The minimum Gasteiger partial charge on any atom is -0.449 e. The van der Waals surface area contributed by atoms with Crippen LogP contribution in [0.15, 0.2) is 16.5 Å². The van der Waals surface area contributed by atoms with Gasteiger partial charge >= 0.3 is 7.12 Å². The maximum absolute atomic E-state index is 6.04. The first-order valence-corrected chi connectivity index (χ1v) is 7.99. The normalized spacial score (nSPS) is 28.1. The van der Waals surface area contributed by atoms with Crippen LogP contribution < -0.4 is 10.6 Å². The summed E-state index contributed by atoms with van der Waals surface area (Å²) in [5, 5.41) is 0. The molecule has 2 fully saturated rings. The van der Waals surface area contributed by atoms with E-state index in [0.717, 1.165) is 30.6 Å². The molecule has 0 N–H and O–H groups in total. The van der Waals surface area contributed by atoms with Crippen molar-refractivity contribution in [1.29, 1.82) is 0 Å². The molecule has 2 aliphatic heterocycles. The molecule has 3 rings (SSSR count). The molecule has 0 saturated carbocycles. The lowest BCUT2D eigenvalue weighted by molar-refractivity contribution is 0.00578. The highest BCUT2D eigenvalue weighted by atomic mass is 16.7. The van der Waals surface area contributed by atoms with E-state index in [2.05, 4.69) is 39.5 Å².